The van der Waals surface area contributed by atoms with E-state index < -0.39 is 0 Å². The van der Waals surface area contributed by atoms with Gasteiger partial charge in [0, 0.05) is 11.8 Å². The Hall–Kier alpha value is -1.58. The van der Waals surface area contributed by atoms with Crippen LogP contribution in [0.25, 0.3) is 0 Å². The first-order valence-electron chi connectivity index (χ1n) is 4.90. The van der Waals surface area contributed by atoms with E-state index in [4.69, 9.17) is 4.74 Å². The molecule has 15 heavy (non-hydrogen) atoms. The topological polar surface area (TPSA) is 51.2 Å². The Labute approximate surface area is 88.7 Å². The van der Waals surface area contributed by atoms with Crippen molar-refractivity contribution < 1.29 is 9.53 Å². The Morgan fingerprint density at radius 1 is 1.47 bits per heavy atom. The summed E-state index contributed by atoms with van der Waals surface area (Å²) in [6, 6.07) is 1.93. The lowest BCUT2D eigenvalue weighted by Crippen LogP contribution is -2.28. The molecule has 4 heteroatoms. The number of pyridine rings is 1. The molecule has 1 aliphatic rings. The quantitative estimate of drug-likeness (QED) is 0.703. The molecule has 2 heterocycles. The summed E-state index contributed by atoms with van der Waals surface area (Å²) < 4.78 is 5.42. The van der Waals surface area contributed by atoms with Crippen LogP contribution >= 0.6 is 0 Å². The van der Waals surface area contributed by atoms with Gasteiger partial charge in [-0.15, -0.1) is 0 Å². The molecule has 0 aliphatic carbocycles. The molecule has 80 valence electrons. The number of hydrogen-bond acceptors (Lipinski definition) is 3. The van der Waals surface area contributed by atoms with Crippen molar-refractivity contribution in [1.82, 2.24) is 4.98 Å². The minimum absolute atomic E-state index is 0.0188. The van der Waals surface area contributed by atoms with E-state index >= 15 is 0 Å². The van der Waals surface area contributed by atoms with Gasteiger partial charge in [0.25, 0.3) is 5.91 Å². The zero-order chi connectivity index (χ0) is 11.1. The van der Waals surface area contributed by atoms with Crippen LogP contribution in [-0.2, 0) is 10.2 Å². The standard InChI is InChI=1S/C11H14N2O2/c1-11(2,3)7-4-5-12-10-9(7)15-6-8(14)13-10/h4-5H,6H2,1-3H3,(H,12,13,14). The van der Waals surface area contributed by atoms with Crippen molar-refractivity contribution in [1.29, 1.82) is 0 Å². The average molecular weight is 206 g/mol. The van der Waals surface area contributed by atoms with Crippen molar-refractivity contribution in [2.75, 3.05) is 11.9 Å². The Balaban J connectivity index is 2.51. The van der Waals surface area contributed by atoms with Crippen LogP contribution in [0, 0.1) is 0 Å². The molecule has 1 aromatic heterocycles. The number of nitrogens with one attached hydrogen (secondary N) is 1. The molecule has 0 unspecified atom stereocenters. The minimum Gasteiger partial charge on any atom is -0.480 e. The van der Waals surface area contributed by atoms with Crippen molar-refractivity contribution in [2.45, 2.75) is 26.2 Å². The molecule has 0 atom stereocenters. The maximum Gasteiger partial charge on any atom is 0.263 e. The summed E-state index contributed by atoms with van der Waals surface area (Å²) in [5, 5.41) is 2.70. The molecule has 0 saturated heterocycles. The number of hydrogen-bond donors (Lipinski definition) is 1. The maximum absolute atomic E-state index is 11.1. The Morgan fingerprint density at radius 3 is 2.87 bits per heavy atom. The third kappa shape index (κ3) is 1.79. The van der Waals surface area contributed by atoms with E-state index in [9.17, 15) is 4.79 Å². The van der Waals surface area contributed by atoms with Gasteiger partial charge in [0.1, 0.15) is 0 Å². The molecule has 1 amide bonds. The number of carbonyl (C=O) groups excluding carboxylic acids is 1. The monoisotopic (exact) mass is 206 g/mol. The van der Waals surface area contributed by atoms with Crippen LogP contribution in [0.15, 0.2) is 12.3 Å². The molecule has 0 saturated carbocycles. The van der Waals surface area contributed by atoms with Gasteiger partial charge in [-0.1, -0.05) is 20.8 Å². The summed E-state index contributed by atoms with van der Waals surface area (Å²) in [4.78, 5) is 15.2. The van der Waals surface area contributed by atoms with Crippen LogP contribution in [0.2, 0.25) is 0 Å². The van der Waals surface area contributed by atoms with E-state index in [1.54, 1.807) is 6.20 Å². The number of anilines is 1. The van der Waals surface area contributed by atoms with E-state index in [1.165, 1.54) is 0 Å². The third-order valence-corrected chi connectivity index (χ3v) is 2.32. The lowest BCUT2D eigenvalue weighted by molar-refractivity contribution is -0.118. The van der Waals surface area contributed by atoms with Gasteiger partial charge in [-0.25, -0.2) is 4.98 Å². The Kier molecular flexibility index (Phi) is 2.14. The van der Waals surface area contributed by atoms with Crippen molar-refractivity contribution in [2.24, 2.45) is 0 Å². The van der Waals surface area contributed by atoms with Gasteiger partial charge in [-0.2, -0.15) is 0 Å². The SMILES string of the molecule is CC(C)(C)c1ccnc2c1OCC(=O)N2. The fourth-order valence-corrected chi connectivity index (χ4v) is 1.58. The van der Waals surface area contributed by atoms with E-state index in [1.807, 2.05) is 6.07 Å². The zero-order valence-corrected chi connectivity index (χ0v) is 9.13. The van der Waals surface area contributed by atoms with Crippen LogP contribution in [0.3, 0.4) is 0 Å². The summed E-state index contributed by atoms with van der Waals surface area (Å²) in [7, 11) is 0. The minimum atomic E-state index is -0.152. The lowest BCUT2D eigenvalue weighted by Gasteiger charge is -2.26. The smallest absolute Gasteiger partial charge is 0.263 e. The molecule has 2 rings (SSSR count). The number of nitrogens with zero attached hydrogens (tertiary/aromatic N) is 1. The third-order valence-electron chi connectivity index (χ3n) is 2.32. The summed E-state index contributed by atoms with van der Waals surface area (Å²) in [5.41, 5.74) is 1.04. The van der Waals surface area contributed by atoms with Crippen molar-refractivity contribution >= 4 is 11.7 Å². The largest absolute Gasteiger partial charge is 0.480 e. The van der Waals surface area contributed by atoms with Crippen molar-refractivity contribution in [3.63, 3.8) is 0 Å². The normalized spacial score (nSPS) is 15.3. The highest BCUT2D eigenvalue weighted by Gasteiger charge is 2.26. The second-order valence-electron chi connectivity index (χ2n) is 4.62. The second-order valence-corrected chi connectivity index (χ2v) is 4.62. The van der Waals surface area contributed by atoms with Gasteiger partial charge in [-0.05, 0) is 11.5 Å². The van der Waals surface area contributed by atoms with E-state index in [0.717, 1.165) is 5.56 Å². The zero-order valence-electron chi connectivity index (χ0n) is 9.13. The molecule has 0 fully saturated rings. The number of aromatic nitrogens is 1. The summed E-state index contributed by atoms with van der Waals surface area (Å²) in [5.74, 6) is 1.07. The molecule has 4 nitrogen and oxygen atoms in total. The highest BCUT2D eigenvalue weighted by Crippen LogP contribution is 2.36. The summed E-state index contributed by atoms with van der Waals surface area (Å²) in [6.45, 7) is 6.37. The number of ether oxygens (including phenoxy) is 1. The number of rotatable bonds is 0. The lowest BCUT2D eigenvalue weighted by atomic mass is 9.87. The highest BCUT2D eigenvalue weighted by atomic mass is 16.5. The van der Waals surface area contributed by atoms with Crippen LogP contribution in [-0.4, -0.2) is 17.5 Å². The number of fused-ring (bicyclic) bond motifs is 1. The molecule has 1 aromatic rings. The van der Waals surface area contributed by atoms with Gasteiger partial charge in [0.2, 0.25) is 0 Å². The van der Waals surface area contributed by atoms with E-state index in [-0.39, 0.29) is 17.9 Å². The predicted octanol–water partition coefficient (Wildman–Crippen LogP) is 1.71. The fourth-order valence-electron chi connectivity index (χ4n) is 1.58. The van der Waals surface area contributed by atoms with Crippen molar-refractivity contribution in [3.8, 4) is 5.75 Å². The van der Waals surface area contributed by atoms with E-state index in [0.29, 0.717) is 11.6 Å². The van der Waals surface area contributed by atoms with Crippen LogP contribution in [0.1, 0.15) is 26.3 Å². The van der Waals surface area contributed by atoms with Gasteiger partial charge < -0.3 is 10.1 Å². The number of amides is 1. The van der Waals surface area contributed by atoms with E-state index in [2.05, 4.69) is 31.1 Å². The fraction of sp³-hybridized carbons (Fsp3) is 0.455. The van der Waals surface area contributed by atoms with Gasteiger partial charge >= 0.3 is 0 Å². The summed E-state index contributed by atoms with van der Waals surface area (Å²) >= 11 is 0. The first-order chi connectivity index (χ1) is 6.98. The van der Waals surface area contributed by atoms with Crippen LogP contribution < -0.4 is 10.1 Å². The Bertz CT molecular complexity index is 408. The highest BCUT2D eigenvalue weighted by molar-refractivity contribution is 5.94. The predicted molar refractivity (Wildman–Crippen MR) is 57.1 cm³/mol. The Morgan fingerprint density at radius 2 is 2.20 bits per heavy atom. The number of carbonyl (C=O) groups is 1. The van der Waals surface area contributed by atoms with Crippen LogP contribution in [0.5, 0.6) is 5.75 Å². The molecule has 0 radical (unpaired) electrons. The average Bonchev–Trinajstić information content (AvgIpc) is 2.15. The summed E-state index contributed by atoms with van der Waals surface area (Å²) in [6.07, 6.45) is 1.69. The molecular weight excluding hydrogens is 192 g/mol. The van der Waals surface area contributed by atoms with Crippen LogP contribution in [0.4, 0.5) is 5.82 Å². The second kappa shape index (κ2) is 3.22. The molecule has 0 spiro atoms. The maximum atomic E-state index is 11.1. The van der Waals surface area contributed by atoms with Gasteiger partial charge in [0.05, 0.1) is 0 Å². The first-order valence-corrected chi connectivity index (χ1v) is 4.90. The molecule has 0 bridgehead atoms. The molecule has 1 N–H and O–H groups in total. The molecule has 1 aliphatic heterocycles. The molecular formula is C11H14N2O2. The first kappa shape index (κ1) is 9.96. The molecule has 0 aromatic carbocycles. The van der Waals surface area contributed by atoms with Crippen molar-refractivity contribution in [3.05, 3.63) is 17.8 Å². The van der Waals surface area contributed by atoms with Gasteiger partial charge in [0.15, 0.2) is 18.2 Å². The van der Waals surface area contributed by atoms with Gasteiger partial charge in [-0.3, -0.25) is 4.79 Å².